The number of likely N-dealkylation sites (tertiary alicyclic amines) is 1. The number of piperidine rings is 1. The van der Waals surface area contributed by atoms with Crippen molar-refractivity contribution in [2.45, 2.75) is 50.5 Å². The molecular weight excluding hydrogens is 230 g/mol. The second-order valence-corrected chi connectivity index (χ2v) is 5.73. The molecule has 0 aromatic carbocycles. The van der Waals surface area contributed by atoms with Crippen molar-refractivity contribution in [3.05, 3.63) is 0 Å². The Balaban J connectivity index is 1.84. The SMILES string of the molecule is COCCCC(=O)N1CCC2(O)CCCCC2C1. The lowest BCUT2D eigenvalue weighted by molar-refractivity contribution is -0.143. The fourth-order valence-electron chi connectivity index (χ4n) is 3.32. The van der Waals surface area contributed by atoms with Crippen molar-refractivity contribution in [3.63, 3.8) is 0 Å². The van der Waals surface area contributed by atoms with Crippen molar-refractivity contribution < 1.29 is 14.6 Å². The van der Waals surface area contributed by atoms with Gasteiger partial charge < -0.3 is 14.7 Å². The fourth-order valence-corrected chi connectivity index (χ4v) is 3.32. The van der Waals surface area contributed by atoms with Gasteiger partial charge in [-0.25, -0.2) is 0 Å². The maximum absolute atomic E-state index is 12.0. The van der Waals surface area contributed by atoms with Gasteiger partial charge in [0.2, 0.25) is 5.91 Å². The number of nitrogens with zero attached hydrogens (tertiary/aromatic N) is 1. The van der Waals surface area contributed by atoms with E-state index in [2.05, 4.69) is 0 Å². The molecule has 0 spiro atoms. The van der Waals surface area contributed by atoms with Crippen LogP contribution in [0.15, 0.2) is 0 Å². The molecule has 0 aromatic rings. The highest BCUT2D eigenvalue weighted by Gasteiger charge is 2.43. The van der Waals surface area contributed by atoms with E-state index < -0.39 is 5.60 Å². The molecule has 0 aromatic heterocycles. The van der Waals surface area contributed by atoms with E-state index in [1.54, 1.807) is 7.11 Å². The summed E-state index contributed by atoms with van der Waals surface area (Å²) < 4.78 is 4.97. The van der Waals surface area contributed by atoms with Gasteiger partial charge in [0.25, 0.3) is 0 Å². The quantitative estimate of drug-likeness (QED) is 0.776. The molecule has 2 atom stereocenters. The number of methoxy groups -OCH3 is 1. The molecular formula is C14H25NO3. The van der Waals surface area contributed by atoms with E-state index in [0.29, 0.717) is 18.9 Å². The third-order valence-corrected chi connectivity index (χ3v) is 4.52. The summed E-state index contributed by atoms with van der Waals surface area (Å²) in [7, 11) is 1.66. The Hall–Kier alpha value is -0.610. The van der Waals surface area contributed by atoms with Gasteiger partial charge in [-0.3, -0.25) is 4.79 Å². The highest BCUT2D eigenvalue weighted by atomic mass is 16.5. The topological polar surface area (TPSA) is 49.8 Å². The minimum Gasteiger partial charge on any atom is -0.389 e. The van der Waals surface area contributed by atoms with Crippen molar-refractivity contribution >= 4 is 5.91 Å². The van der Waals surface area contributed by atoms with Gasteiger partial charge in [0, 0.05) is 39.1 Å². The van der Waals surface area contributed by atoms with E-state index >= 15 is 0 Å². The standard InChI is InChI=1S/C14H25NO3/c1-18-10-4-6-13(16)15-9-8-14(17)7-3-2-5-12(14)11-15/h12,17H,2-11H2,1H3. The minimum atomic E-state index is -0.485. The zero-order valence-corrected chi connectivity index (χ0v) is 11.4. The molecule has 104 valence electrons. The molecule has 2 aliphatic rings. The van der Waals surface area contributed by atoms with E-state index in [-0.39, 0.29) is 5.91 Å². The lowest BCUT2D eigenvalue weighted by Crippen LogP contribution is -2.54. The van der Waals surface area contributed by atoms with Gasteiger partial charge >= 0.3 is 0 Å². The van der Waals surface area contributed by atoms with E-state index in [1.165, 1.54) is 6.42 Å². The zero-order chi connectivity index (χ0) is 13.0. The number of rotatable bonds is 4. The number of ether oxygens (including phenoxy) is 1. The van der Waals surface area contributed by atoms with E-state index in [9.17, 15) is 9.90 Å². The highest BCUT2D eigenvalue weighted by molar-refractivity contribution is 5.76. The molecule has 1 aliphatic heterocycles. The van der Waals surface area contributed by atoms with Crippen molar-refractivity contribution in [1.82, 2.24) is 4.90 Å². The number of carbonyl (C=O) groups excluding carboxylic acids is 1. The van der Waals surface area contributed by atoms with Crippen LogP contribution in [-0.2, 0) is 9.53 Å². The number of hydrogen-bond acceptors (Lipinski definition) is 3. The van der Waals surface area contributed by atoms with Crippen molar-refractivity contribution in [1.29, 1.82) is 0 Å². The molecule has 4 nitrogen and oxygen atoms in total. The van der Waals surface area contributed by atoms with Crippen LogP contribution in [0, 0.1) is 5.92 Å². The van der Waals surface area contributed by atoms with Gasteiger partial charge in [0.1, 0.15) is 0 Å². The molecule has 0 bridgehead atoms. The number of fused-ring (bicyclic) bond motifs is 1. The highest BCUT2D eigenvalue weighted by Crippen LogP contribution is 2.39. The maximum Gasteiger partial charge on any atom is 0.222 e. The molecule has 1 amide bonds. The molecule has 2 rings (SSSR count). The Morgan fingerprint density at radius 3 is 3.06 bits per heavy atom. The summed E-state index contributed by atoms with van der Waals surface area (Å²) in [6.45, 7) is 2.12. The maximum atomic E-state index is 12.0. The second-order valence-electron chi connectivity index (χ2n) is 5.73. The van der Waals surface area contributed by atoms with Crippen LogP contribution in [0.5, 0.6) is 0 Å². The van der Waals surface area contributed by atoms with Crippen LogP contribution in [-0.4, -0.2) is 48.3 Å². The fraction of sp³-hybridized carbons (Fsp3) is 0.929. The first kappa shape index (κ1) is 13.8. The van der Waals surface area contributed by atoms with Gasteiger partial charge in [-0.1, -0.05) is 12.8 Å². The lowest BCUT2D eigenvalue weighted by Gasteiger charge is -2.47. The summed E-state index contributed by atoms with van der Waals surface area (Å²) in [5.74, 6) is 0.519. The van der Waals surface area contributed by atoms with Gasteiger partial charge in [-0.05, 0) is 25.7 Å². The van der Waals surface area contributed by atoms with Crippen LogP contribution in [0.3, 0.4) is 0 Å². The smallest absolute Gasteiger partial charge is 0.222 e. The van der Waals surface area contributed by atoms with E-state index in [0.717, 1.165) is 45.2 Å². The van der Waals surface area contributed by atoms with Crippen LogP contribution >= 0.6 is 0 Å². The molecule has 18 heavy (non-hydrogen) atoms. The summed E-state index contributed by atoms with van der Waals surface area (Å²) in [4.78, 5) is 14.0. The van der Waals surface area contributed by atoms with Crippen molar-refractivity contribution in [3.8, 4) is 0 Å². The largest absolute Gasteiger partial charge is 0.389 e. The monoisotopic (exact) mass is 255 g/mol. The Kier molecular flexibility index (Phi) is 4.62. The van der Waals surface area contributed by atoms with Gasteiger partial charge in [-0.2, -0.15) is 0 Å². The van der Waals surface area contributed by atoms with Gasteiger partial charge in [0.05, 0.1) is 5.60 Å². The molecule has 1 saturated heterocycles. The predicted octanol–water partition coefficient (Wildman–Crippen LogP) is 1.57. The molecule has 1 aliphatic carbocycles. The first-order valence-electron chi connectivity index (χ1n) is 7.15. The van der Waals surface area contributed by atoms with Gasteiger partial charge in [-0.15, -0.1) is 0 Å². The average molecular weight is 255 g/mol. The van der Waals surface area contributed by atoms with Gasteiger partial charge in [0.15, 0.2) is 0 Å². The second kappa shape index (κ2) is 6.02. The predicted molar refractivity (Wildman–Crippen MR) is 69.2 cm³/mol. The van der Waals surface area contributed by atoms with E-state index in [1.807, 2.05) is 4.90 Å². The molecule has 1 N–H and O–H groups in total. The third kappa shape index (κ3) is 3.04. The average Bonchev–Trinajstić information content (AvgIpc) is 2.37. The molecule has 2 fully saturated rings. The Morgan fingerprint density at radius 2 is 2.28 bits per heavy atom. The number of carbonyl (C=O) groups is 1. The summed E-state index contributed by atoms with van der Waals surface area (Å²) in [5, 5.41) is 10.5. The minimum absolute atomic E-state index is 0.222. The molecule has 1 heterocycles. The van der Waals surface area contributed by atoms with Crippen LogP contribution in [0.1, 0.15) is 44.9 Å². The molecule has 2 unspecified atom stereocenters. The summed E-state index contributed by atoms with van der Waals surface area (Å²) >= 11 is 0. The molecule has 4 heteroatoms. The number of hydrogen-bond donors (Lipinski definition) is 1. The molecule has 0 radical (unpaired) electrons. The Labute approximate surface area is 109 Å². The lowest BCUT2D eigenvalue weighted by atomic mass is 9.71. The van der Waals surface area contributed by atoms with Crippen LogP contribution in [0.25, 0.3) is 0 Å². The van der Waals surface area contributed by atoms with Crippen LogP contribution in [0.4, 0.5) is 0 Å². The third-order valence-electron chi connectivity index (χ3n) is 4.52. The van der Waals surface area contributed by atoms with E-state index in [4.69, 9.17) is 4.74 Å². The van der Waals surface area contributed by atoms with Crippen molar-refractivity contribution in [2.24, 2.45) is 5.92 Å². The van der Waals surface area contributed by atoms with Crippen LogP contribution in [0.2, 0.25) is 0 Å². The number of aliphatic hydroxyl groups is 1. The Bertz CT molecular complexity index is 295. The van der Waals surface area contributed by atoms with Crippen LogP contribution < -0.4 is 0 Å². The first-order valence-corrected chi connectivity index (χ1v) is 7.15. The Morgan fingerprint density at radius 1 is 1.44 bits per heavy atom. The number of amides is 1. The molecule has 1 saturated carbocycles. The zero-order valence-electron chi connectivity index (χ0n) is 11.4. The summed E-state index contributed by atoms with van der Waals surface area (Å²) in [6.07, 6.45) is 6.43. The first-order chi connectivity index (χ1) is 8.65. The normalized spacial score (nSPS) is 32.1. The van der Waals surface area contributed by atoms with Crippen molar-refractivity contribution in [2.75, 3.05) is 26.8 Å². The summed E-state index contributed by atoms with van der Waals surface area (Å²) in [5.41, 5.74) is -0.485. The summed E-state index contributed by atoms with van der Waals surface area (Å²) in [6, 6.07) is 0.